The van der Waals surface area contributed by atoms with Gasteiger partial charge in [-0.3, -0.25) is 0 Å². The van der Waals surface area contributed by atoms with Crippen molar-refractivity contribution in [3.63, 3.8) is 0 Å². The number of rotatable bonds is 4. The van der Waals surface area contributed by atoms with Crippen LogP contribution in [0.5, 0.6) is 0 Å². The van der Waals surface area contributed by atoms with E-state index in [0.717, 1.165) is 18.7 Å². The highest BCUT2D eigenvalue weighted by atomic mass is 35.5. The molecule has 0 bridgehead atoms. The predicted molar refractivity (Wildman–Crippen MR) is 58.7 cm³/mol. The molecule has 0 radical (unpaired) electrons. The predicted octanol–water partition coefficient (Wildman–Crippen LogP) is 1.99. The highest BCUT2D eigenvalue weighted by Gasteiger charge is 2.03. The second kappa shape index (κ2) is 4.86. The highest BCUT2D eigenvalue weighted by molar-refractivity contribution is 6.29. The summed E-state index contributed by atoms with van der Waals surface area (Å²) < 4.78 is 0. The van der Waals surface area contributed by atoms with Gasteiger partial charge in [0.05, 0.1) is 5.82 Å². The quantitative estimate of drug-likeness (QED) is 0.775. The molecule has 1 rings (SSSR count). The first kappa shape index (κ1) is 10.9. The van der Waals surface area contributed by atoms with E-state index in [1.54, 1.807) is 12.3 Å². The minimum Gasteiger partial charge on any atom is -0.386 e. The van der Waals surface area contributed by atoms with Crippen molar-refractivity contribution in [3.8, 4) is 0 Å². The van der Waals surface area contributed by atoms with E-state index < -0.39 is 0 Å². The fourth-order valence-corrected chi connectivity index (χ4v) is 1.25. The topological polar surface area (TPSA) is 42.1 Å². The van der Waals surface area contributed by atoms with Crippen LogP contribution in [0, 0.1) is 0 Å². The van der Waals surface area contributed by atoms with Crippen LogP contribution in [0.3, 0.4) is 0 Å². The lowest BCUT2D eigenvalue weighted by Crippen LogP contribution is -2.26. The van der Waals surface area contributed by atoms with Crippen molar-refractivity contribution >= 4 is 11.6 Å². The molecule has 4 heteroatoms. The van der Waals surface area contributed by atoms with Gasteiger partial charge in [0.1, 0.15) is 5.15 Å². The number of hydrogen-bond donors (Lipinski definition) is 1. The van der Waals surface area contributed by atoms with Crippen LogP contribution < -0.4 is 5.73 Å². The molecule has 0 aliphatic carbocycles. The molecule has 0 atom stereocenters. The van der Waals surface area contributed by atoms with E-state index in [4.69, 9.17) is 17.3 Å². The van der Waals surface area contributed by atoms with Crippen LogP contribution in [-0.4, -0.2) is 16.4 Å². The third-order valence-corrected chi connectivity index (χ3v) is 2.17. The third-order valence-electron chi connectivity index (χ3n) is 1.95. The zero-order chi connectivity index (χ0) is 10.6. The van der Waals surface area contributed by atoms with E-state index in [1.165, 1.54) is 0 Å². The van der Waals surface area contributed by atoms with E-state index in [9.17, 15) is 0 Å². The van der Waals surface area contributed by atoms with Crippen molar-refractivity contribution < 1.29 is 0 Å². The Bertz CT molecular complexity index is 308. The Labute approximate surface area is 89.2 Å². The summed E-state index contributed by atoms with van der Waals surface area (Å²) in [6.07, 6.45) is 1.74. The maximum Gasteiger partial charge on any atom is 0.129 e. The second-order valence-electron chi connectivity index (χ2n) is 2.99. The van der Waals surface area contributed by atoms with Crippen LogP contribution in [0.4, 0.5) is 0 Å². The Hall–Kier alpha value is -1.22. The number of aromatic nitrogens is 1. The van der Waals surface area contributed by atoms with E-state index in [2.05, 4.69) is 11.6 Å². The number of nitrogens with zero attached hydrogens (tertiary/aromatic N) is 2. The van der Waals surface area contributed by atoms with Gasteiger partial charge in [-0.05, 0) is 18.6 Å². The number of halogens is 1. The third kappa shape index (κ3) is 2.92. The zero-order valence-electron chi connectivity index (χ0n) is 8.20. The van der Waals surface area contributed by atoms with Crippen LogP contribution in [0.1, 0.15) is 12.5 Å². The van der Waals surface area contributed by atoms with Crippen LogP contribution in [0.2, 0.25) is 5.15 Å². The molecule has 0 amide bonds. The Morgan fingerprint density at radius 1 is 1.64 bits per heavy atom. The van der Waals surface area contributed by atoms with Crippen LogP contribution in [0.25, 0.3) is 0 Å². The van der Waals surface area contributed by atoms with Gasteiger partial charge in [0.25, 0.3) is 0 Å². The lowest BCUT2D eigenvalue weighted by atomic mass is 10.2. The van der Waals surface area contributed by atoms with Crippen molar-refractivity contribution in [1.82, 2.24) is 9.88 Å². The Morgan fingerprint density at radius 3 is 2.79 bits per heavy atom. The Kier molecular flexibility index (Phi) is 3.77. The molecular formula is C10H14ClN3. The molecule has 2 N–H and O–H groups in total. The van der Waals surface area contributed by atoms with E-state index >= 15 is 0 Å². The fraction of sp³-hybridized carbons (Fsp3) is 0.300. The normalized spacial score (nSPS) is 9.86. The SMILES string of the molecule is C=C(N)N(CC)Cc1ccc(Cl)nc1. The second-order valence-corrected chi connectivity index (χ2v) is 3.38. The van der Waals surface area contributed by atoms with Crippen molar-refractivity contribution in [2.75, 3.05) is 6.54 Å². The van der Waals surface area contributed by atoms with Gasteiger partial charge in [-0.1, -0.05) is 24.2 Å². The molecule has 0 aliphatic heterocycles. The molecule has 0 saturated carbocycles. The molecule has 0 unspecified atom stereocenters. The maximum absolute atomic E-state index is 5.68. The van der Waals surface area contributed by atoms with Gasteiger partial charge in [0.15, 0.2) is 0 Å². The molecule has 1 aromatic rings. The number of hydrogen-bond acceptors (Lipinski definition) is 3. The first-order chi connectivity index (χ1) is 6.63. The highest BCUT2D eigenvalue weighted by Crippen LogP contribution is 2.09. The minimum absolute atomic E-state index is 0.503. The molecule has 1 heterocycles. The van der Waals surface area contributed by atoms with Gasteiger partial charge >= 0.3 is 0 Å². The standard InChI is InChI=1S/C10H14ClN3/c1-3-14(8(2)12)7-9-4-5-10(11)13-6-9/h4-6H,2-3,7,12H2,1H3. The largest absolute Gasteiger partial charge is 0.386 e. The molecule has 0 spiro atoms. The van der Waals surface area contributed by atoms with Crippen LogP contribution >= 0.6 is 11.6 Å². The van der Waals surface area contributed by atoms with Crippen molar-refractivity contribution in [2.24, 2.45) is 5.73 Å². The smallest absolute Gasteiger partial charge is 0.129 e. The summed E-state index contributed by atoms with van der Waals surface area (Å²) in [4.78, 5) is 5.96. The van der Waals surface area contributed by atoms with Crippen molar-refractivity contribution in [2.45, 2.75) is 13.5 Å². The molecule has 3 nitrogen and oxygen atoms in total. The maximum atomic E-state index is 5.68. The van der Waals surface area contributed by atoms with Crippen molar-refractivity contribution in [3.05, 3.63) is 41.4 Å². The number of nitrogens with two attached hydrogens (primary N) is 1. The summed E-state index contributed by atoms with van der Waals surface area (Å²) in [5.74, 6) is 0.572. The summed E-state index contributed by atoms with van der Waals surface area (Å²) in [6, 6.07) is 3.70. The van der Waals surface area contributed by atoms with Crippen LogP contribution in [-0.2, 0) is 6.54 Å². The summed E-state index contributed by atoms with van der Waals surface area (Å²) in [5.41, 5.74) is 6.68. The zero-order valence-corrected chi connectivity index (χ0v) is 8.96. The fourth-order valence-electron chi connectivity index (χ4n) is 1.14. The van der Waals surface area contributed by atoms with Crippen molar-refractivity contribution in [1.29, 1.82) is 0 Å². The van der Waals surface area contributed by atoms with E-state index in [1.807, 2.05) is 17.9 Å². The molecule has 76 valence electrons. The first-order valence-corrected chi connectivity index (χ1v) is 4.81. The van der Waals surface area contributed by atoms with Crippen LogP contribution in [0.15, 0.2) is 30.7 Å². The van der Waals surface area contributed by atoms with Gasteiger partial charge in [0, 0.05) is 19.3 Å². The van der Waals surface area contributed by atoms with Gasteiger partial charge in [0.2, 0.25) is 0 Å². The average Bonchev–Trinajstić information content (AvgIpc) is 2.16. The Morgan fingerprint density at radius 2 is 2.36 bits per heavy atom. The summed E-state index contributed by atoms with van der Waals surface area (Å²) in [5, 5.41) is 0.503. The summed E-state index contributed by atoms with van der Waals surface area (Å²) in [7, 11) is 0. The number of pyridine rings is 1. The minimum atomic E-state index is 0.503. The molecule has 1 aromatic heterocycles. The molecule has 14 heavy (non-hydrogen) atoms. The first-order valence-electron chi connectivity index (χ1n) is 4.43. The lowest BCUT2D eigenvalue weighted by molar-refractivity contribution is 0.352. The van der Waals surface area contributed by atoms with Gasteiger partial charge < -0.3 is 10.6 Å². The molecule has 0 aromatic carbocycles. The Balaban J connectivity index is 2.67. The van der Waals surface area contributed by atoms with Gasteiger partial charge in [-0.15, -0.1) is 0 Å². The monoisotopic (exact) mass is 211 g/mol. The van der Waals surface area contributed by atoms with Gasteiger partial charge in [-0.2, -0.15) is 0 Å². The average molecular weight is 212 g/mol. The van der Waals surface area contributed by atoms with E-state index in [-0.39, 0.29) is 0 Å². The molecule has 0 saturated heterocycles. The van der Waals surface area contributed by atoms with Gasteiger partial charge in [-0.25, -0.2) is 4.98 Å². The summed E-state index contributed by atoms with van der Waals surface area (Å²) in [6.45, 7) is 7.28. The molecule has 0 aliphatic rings. The van der Waals surface area contributed by atoms with E-state index in [0.29, 0.717) is 11.0 Å². The molecule has 0 fully saturated rings. The lowest BCUT2D eigenvalue weighted by Gasteiger charge is -2.21. The molecular weight excluding hydrogens is 198 g/mol. The summed E-state index contributed by atoms with van der Waals surface area (Å²) >= 11 is 5.68.